The summed E-state index contributed by atoms with van der Waals surface area (Å²) in [5, 5.41) is 10.8. The third-order valence-electron chi connectivity index (χ3n) is 4.13. The van der Waals surface area contributed by atoms with E-state index >= 15 is 0 Å². The molecule has 0 saturated carbocycles. The fourth-order valence-electron chi connectivity index (χ4n) is 3.17. The number of nitrogens with zero attached hydrogens (tertiary/aromatic N) is 1. The van der Waals surface area contributed by atoms with Crippen molar-refractivity contribution in [3.8, 4) is 11.5 Å². The summed E-state index contributed by atoms with van der Waals surface area (Å²) in [6.07, 6.45) is -0.580. The number of likely N-dealkylation sites (N-methyl/N-ethyl adjacent to an activating group) is 1. The summed E-state index contributed by atoms with van der Waals surface area (Å²) in [6.45, 7) is 10.0. The first-order valence-electron chi connectivity index (χ1n) is 7.24. The van der Waals surface area contributed by atoms with Gasteiger partial charge < -0.3 is 14.6 Å². The molecule has 20 heavy (non-hydrogen) atoms. The molecular formula is C16H25NO3. The van der Waals surface area contributed by atoms with Crippen LogP contribution in [0.4, 0.5) is 0 Å². The van der Waals surface area contributed by atoms with Gasteiger partial charge in [0.2, 0.25) is 0 Å². The molecule has 4 nitrogen and oxygen atoms in total. The Kier molecular flexibility index (Phi) is 4.25. The standard InChI is InChI=1S/C16H25NO3/c1-6-17(7-2)15-13(18)11-9-8-10-12(19-5)14(11)20-16(15,3)4/h8-10,13,15,18H,6-7H2,1-5H3. The monoisotopic (exact) mass is 279 g/mol. The van der Waals surface area contributed by atoms with Gasteiger partial charge in [-0.3, -0.25) is 4.90 Å². The fraction of sp³-hybridized carbons (Fsp3) is 0.625. The average Bonchev–Trinajstić information content (AvgIpc) is 2.42. The lowest BCUT2D eigenvalue weighted by Gasteiger charge is -2.47. The molecule has 2 unspecified atom stereocenters. The zero-order valence-electron chi connectivity index (χ0n) is 13.0. The van der Waals surface area contributed by atoms with Crippen molar-refractivity contribution >= 4 is 0 Å². The van der Waals surface area contributed by atoms with E-state index < -0.39 is 11.7 Å². The number of hydrogen-bond acceptors (Lipinski definition) is 4. The zero-order chi connectivity index (χ0) is 14.9. The van der Waals surface area contributed by atoms with E-state index in [4.69, 9.17) is 9.47 Å². The highest BCUT2D eigenvalue weighted by atomic mass is 16.5. The fourth-order valence-corrected chi connectivity index (χ4v) is 3.17. The zero-order valence-corrected chi connectivity index (χ0v) is 13.0. The number of fused-ring (bicyclic) bond motifs is 1. The molecule has 0 bridgehead atoms. The van der Waals surface area contributed by atoms with Crippen molar-refractivity contribution in [2.24, 2.45) is 0 Å². The quantitative estimate of drug-likeness (QED) is 0.920. The molecule has 4 heteroatoms. The molecule has 112 valence electrons. The summed E-state index contributed by atoms with van der Waals surface area (Å²) in [7, 11) is 1.62. The third kappa shape index (κ3) is 2.38. The van der Waals surface area contributed by atoms with Crippen LogP contribution < -0.4 is 9.47 Å². The average molecular weight is 279 g/mol. The molecule has 0 spiro atoms. The number of methoxy groups -OCH3 is 1. The van der Waals surface area contributed by atoms with Gasteiger partial charge >= 0.3 is 0 Å². The maximum absolute atomic E-state index is 10.8. The first-order chi connectivity index (χ1) is 9.46. The SMILES string of the molecule is CCN(CC)C1C(O)c2cccc(OC)c2OC1(C)C. The smallest absolute Gasteiger partial charge is 0.167 e. The second-order valence-electron chi connectivity index (χ2n) is 5.70. The maximum Gasteiger partial charge on any atom is 0.167 e. The molecule has 1 N–H and O–H groups in total. The van der Waals surface area contributed by atoms with E-state index in [0.717, 1.165) is 18.7 Å². The minimum absolute atomic E-state index is 0.0721. The summed E-state index contributed by atoms with van der Waals surface area (Å²) < 4.78 is 11.5. The van der Waals surface area contributed by atoms with Crippen LogP contribution in [0.2, 0.25) is 0 Å². The van der Waals surface area contributed by atoms with Crippen LogP contribution in [0.25, 0.3) is 0 Å². The first kappa shape index (κ1) is 15.1. The summed E-state index contributed by atoms with van der Waals surface area (Å²) in [5.74, 6) is 1.34. The second kappa shape index (κ2) is 5.62. The van der Waals surface area contributed by atoms with Crippen LogP contribution >= 0.6 is 0 Å². The molecule has 0 fully saturated rings. The van der Waals surface area contributed by atoms with E-state index in [2.05, 4.69) is 18.7 Å². The summed E-state index contributed by atoms with van der Waals surface area (Å²) in [4.78, 5) is 2.24. The van der Waals surface area contributed by atoms with Crippen LogP contribution in [0.5, 0.6) is 11.5 Å². The number of hydrogen-bond donors (Lipinski definition) is 1. The predicted octanol–water partition coefficient (Wildman–Crippen LogP) is 2.61. The van der Waals surface area contributed by atoms with Gasteiger partial charge in [-0.05, 0) is 33.0 Å². The molecule has 2 rings (SSSR count). The molecule has 0 radical (unpaired) electrons. The highest BCUT2D eigenvalue weighted by Crippen LogP contribution is 2.46. The molecule has 0 aromatic heterocycles. The van der Waals surface area contributed by atoms with Crippen LogP contribution in [0.1, 0.15) is 39.4 Å². The van der Waals surface area contributed by atoms with E-state index in [1.54, 1.807) is 7.11 Å². The number of aliphatic hydroxyl groups excluding tert-OH is 1. The molecule has 0 amide bonds. The van der Waals surface area contributed by atoms with E-state index in [9.17, 15) is 5.11 Å². The number of rotatable bonds is 4. The topological polar surface area (TPSA) is 41.9 Å². The van der Waals surface area contributed by atoms with Gasteiger partial charge in [-0.15, -0.1) is 0 Å². The normalized spacial score (nSPS) is 24.1. The lowest BCUT2D eigenvalue weighted by molar-refractivity contribution is -0.0809. The third-order valence-corrected chi connectivity index (χ3v) is 4.13. The Morgan fingerprint density at radius 3 is 2.50 bits per heavy atom. The second-order valence-corrected chi connectivity index (χ2v) is 5.70. The molecule has 1 aliphatic heterocycles. The highest BCUT2D eigenvalue weighted by molar-refractivity contribution is 5.50. The Hall–Kier alpha value is -1.26. The molecule has 0 aliphatic carbocycles. The van der Waals surface area contributed by atoms with Crippen molar-refractivity contribution in [3.63, 3.8) is 0 Å². The molecule has 1 aromatic carbocycles. The molecule has 0 saturated heterocycles. The minimum Gasteiger partial charge on any atom is -0.493 e. The van der Waals surface area contributed by atoms with Gasteiger partial charge in [0.05, 0.1) is 13.2 Å². The molecule has 1 heterocycles. The minimum atomic E-state index is -0.580. The largest absolute Gasteiger partial charge is 0.493 e. The van der Waals surface area contributed by atoms with Crippen molar-refractivity contribution in [1.82, 2.24) is 4.90 Å². The van der Waals surface area contributed by atoms with E-state index in [0.29, 0.717) is 11.5 Å². The highest BCUT2D eigenvalue weighted by Gasteiger charge is 2.46. The van der Waals surface area contributed by atoms with Gasteiger partial charge in [-0.2, -0.15) is 0 Å². The van der Waals surface area contributed by atoms with E-state index in [1.165, 1.54) is 0 Å². The Balaban J connectivity index is 2.49. The van der Waals surface area contributed by atoms with E-state index in [1.807, 2.05) is 32.0 Å². The summed E-state index contributed by atoms with van der Waals surface area (Å²) in [6, 6.07) is 5.59. The predicted molar refractivity (Wildman–Crippen MR) is 79.4 cm³/mol. The van der Waals surface area contributed by atoms with Gasteiger partial charge in [0.1, 0.15) is 11.7 Å². The Bertz CT molecular complexity index is 469. The van der Waals surface area contributed by atoms with Crippen molar-refractivity contribution in [2.75, 3.05) is 20.2 Å². The van der Waals surface area contributed by atoms with Crippen LogP contribution in [0, 0.1) is 0 Å². The van der Waals surface area contributed by atoms with Gasteiger partial charge in [-0.1, -0.05) is 26.0 Å². The molecular weight excluding hydrogens is 254 g/mol. The van der Waals surface area contributed by atoms with E-state index in [-0.39, 0.29) is 6.04 Å². The lowest BCUT2D eigenvalue weighted by atomic mass is 9.84. The Morgan fingerprint density at radius 2 is 1.95 bits per heavy atom. The number of benzene rings is 1. The molecule has 2 atom stereocenters. The maximum atomic E-state index is 10.8. The summed E-state index contributed by atoms with van der Waals surface area (Å²) in [5.41, 5.74) is 0.327. The van der Waals surface area contributed by atoms with Crippen molar-refractivity contribution in [1.29, 1.82) is 0 Å². The van der Waals surface area contributed by atoms with Gasteiger partial charge in [0.25, 0.3) is 0 Å². The number of ether oxygens (including phenoxy) is 2. The molecule has 1 aliphatic rings. The Labute approximate surface area is 121 Å². The number of para-hydroxylation sites is 1. The summed E-state index contributed by atoms with van der Waals surface area (Å²) >= 11 is 0. The van der Waals surface area contributed by atoms with Crippen molar-refractivity contribution in [3.05, 3.63) is 23.8 Å². The van der Waals surface area contributed by atoms with Crippen LogP contribution in [0.3, 0.4) is 0 Å². The van der Waals surface area contributed by atoms with Crippen molar-refractivity contribution < 1.29 is 14.6 Å². The molecule has 1 aromatic rings. The van der Waals surface area contributed by atoms with Crippen LogP contribution in [-0.2, 0) is 0 Å². The lowest BCUT2D eigenvalue weighted by Crippen LogP contribution is -2.57. The van der Waals surface area contributed by atoms with Crippen LogP contribution in [0.15, 0.2) is 18.2 Å². The Morgan fingerprint density at radius 1 is 1.30 bits per heavy atom. The first-order valence-corrected chi connectivity index (χ1v) is 7.24. The van der Waals surface area contributed by atoms with Gasteiger partial charge in [0, 0.05) is 5.56 Å². The van der Waals surface area contributed by atoms with Gasteiger partial charge in [0.15, 0.2) is 11.5 Å². The van der Waals surface area contributed by atoms with Crippen LogP contribution in [-0.4, -0.2) is 41.8 Å². The number of aliphatic hydroxyl groups is 1. The van der Waals surface area contributed by atoms with Gasteiger partial charge in [-0.25, -0.2) is 0 Å². The van der Waals surface area contributed by atoms with Crippen molar-refractivity contribution in [2.45, 2.75) is 45.4 Å².